The number of pyridine rings is 1. The molecule has 0 spiro atoms. The van der Waals surface area contributed by atoms with Crippen molar-refractivity contribution < 1.29 is 9.47 Å². The summed E-state index contributed by atoms with van der Waals surface area (Å²) < 4.78 is 12.0. The van der Waals surface area contributed by atoms with Gasteiger partial charge >= 0.3 is 0 Å². The Morgan fingerprint density at radius 3 is 2.55 bits per heavy atom. The minimum absolute atomic E-state index is 0.193. The second kappa shape index (κ2) is 6.55. The minimum atomic E-state index is 0.193. The van der Waals surface area contributed by atoms with Crippen LogP contribution >= 0.6 is 0 Å². The van der Waals surface area contributed by atoms with E-state index in [9.17, 15) is 0 Å². The van der Waals surface area contributed by atoms with Gasteiger partial charge in [-0.15, -0.1) is 0 Å². The number of aryl methyl sites for hydroxylation is 2. The Morgan fingerprint density at radius 1 is 1.30 bits per heavy atom. The predicted octanol–water partition coefficient (Wildman–Crippen LogP) is 2.75. The summed E-state index contributed by atoms with van der Waals surface area (Å²) in [6.07, 6.45) is 2.55. The molecule has 2 unspecified atom stereocenters. The van der Waals surface area contributed by atoms with Crippen LogP contribution in [0.3, 0.4) is 0 Å². The number of rotatable bonds is 4. The average Bonchev–Trinajstić information content (AvgIpc) is 2.32. The summed E-state index contributed by atoms with van der Waals surface area (Å²) in [6.45, 7) is 9.12. The molecule has 1 fully saturated rings. The lowest BCUT2D eigenvalue weighted by atomic mass is 10.0. The van der Waals surface area contributed by atoms with Gasteiger partial charge < -0.3 is 14.8 Å². The maximum absolute atomic E-state index is 6.21. The van der Waals surface area contributed by atoms with Gasteiger partial charge in [0.25, 0.3) is 0 Å². The van der Waals surface area contributed by atoms with E-state index >= 15 is 0 Å². The molecule has 1 N–H and O–H groups in total. The lowest BCUT2D eigenvalue weighted by molar-refractivity contribution is -0.0731. The van der Waals surface area contributed by atoms with E-state index in [4.69, 9.17) is 9.47 Å². The van der Waals surface area contributed by atoms with Crippen molar-refractivity contribution in [3.05, 3.63) is 22.9 Å². The summed E-state index contributed by atoms with van der Waals surface area (Å²) >= 11 is 0. The van der Waals surface area contributed by atoms with E-state index in [0.717, 1.165) is 36.5 Å². The van der Waals surface area contributed by atoms with Crippen molar-refractivity contribution in [1.82, 2.24) is 10.3 Å². The number of ether oxygens (including phenoxy) is 2. The molecule has 1 aromatic rings. The van der Waals surface area contributed by atoms with Crippen molar-refractivity contribution >= 4 is 0 Å². The summed E-state index contributed by atoms with van der Waals surface area (Å²) in [4.78, 5) is 4.59. The Morgan fingerprint density at radius 2 is 1.95 bits per heavy atom. The highest BCUT2D eigenvalue weighted by Gasteiger charge is 2.27. The number of nitrogens with zero attached hydrogens (tertiary/aromatic N) is 1. The molecule has 0 bridgehead atoms. The van der Waals surface area contributed by atoms with E-state index in [2.05, 4.69) is 37.1 Å². The highest BCUT2D eigenvalue weighted by molar-refractivity contribution is 5.36. The van der Waals surface area contributed by atoms with E-state index in [-0.39, 0.29) is 18.3 Å². The monoisotopic (exact) mass is 278 g/mol. The van der Waals surface area contributed by atoms with Crippen molar-refractivity contribution in [3.63, 3.8) is 0 Å². The number of aromatic nitrogens is 1. The van der Waals surface area contributed by atoms with Crippen molar-refractivity contribution in [1.29, 1.82) is 0 Å². The zero-order valence-electron chi connectivity index (χ0n) is 13.2. The molecule has 4 heteroatoms. The molecule has 1 saturated heterocycles. The lowest BCUT2D eigenvalue weighted by Crippen LogP contribution is -2.36. The molecule has 1 aliphatic rings. The Hall–Kier alpha value is -1.13. The van der Waals surface area contributed by atoms with Crippen LogP contribution in [0.1, 0.15) is 43.5 Å². The van der Waals surface area contributed by atoms with Gasteiger partial charge in [0, 0.05) is 30.6 Å². The summed E-state index contributed by atoms with van der Waals surface area (Å²) in [5.74, 6) is 0.781. The van der Waals surface area contributed by atoms with Gasteiger partial charge in [-0.25, -0.2) is 4.98 Å². The van der Waals surface area contributed by atoms with Gasteiger partial charge in [0.1, 0.15) is 6.10 Å². The lowest BCUT2D eigenvalue weighted by Gasteiger charge is -2.32. The third-order valence-corrected chi connectivity index (χ3v) is 3.72. The van der Waals surface area contributed by atoms with Gasteiger partial charge in [-0.3, -0.25) is 0 Å². The van der Waals surface area contributed by atoms with Crippen LogP contribution in [0.15, 0.2) is 6.07 Å². The maximum Gasteiger partial charge on any atom is 0.218 e. The summed E-state index contributed by atoms with van der Waals surface area (Å²) in [5, 5.41) is 3.19. The van der Waals surface area contributed by atoms with Crippen LogP contribution in [0.4, 0.5) is 0 Å². The van der Waals surface area contributed by atoms with Crippen LogP contribution < -0.4 is 10.1 Å². The predicted molar refractivity (Wildman–Crippen MR) is 80.1 cm³/mol. The minimum Gasteiger partial charge on any atom is -0.474 e. The zero-order chi connectivity index (χ0) is 14.7. The highest BCUT2D eigenvalue weighted by atomic mass is 16.5. The quantitative estimate of drug-likeness (QED) is 0.919. The number of nitrogens with one attached hydrogen (secondary N) is 1. The van der Waals surface area contributed by atoms with Crippen molar-refractivity contribution in [3.8, 4) is 5.88 Å². The number of hydrogen-bond acceptors (Lipinski definition) is 4. The second-order valence-electron chi connectivity index (χ2n) is 5.86. The summed E-state index contributed by atoms with van der Waals surface area (Å²) in [5.41, 5.74) is 3.39. The van der Waals surface area contributed by atoms with Gasteiger partial charge in [-0.05, 0) is 46.4 Å². The van der Waals surface area contributed by atoms with Crippen LogP contribution in [-0.2, 0) is 11.3 Å². The van der Waals surface area contributed by atoms with E-state index in [0.29, 0.717) is 0 Å². The molecule has 0 aromatic carbocycles. The van der Waals surface area contributed by atoms with Crippen LogP contribution in [0, 0.1) is 13.8 Å². The first-order valence-corrected chi connectivity index (χ1v) is 7.43. The fourth-order valence-electron chi connectivity index (χ4n) is 2.92. The van der Waals surface area contributed by atoms with Gasteiger partial charge in [-0.1, -0.05) is 0 Å². The first-order valence-electron chi connectivity index (χ1n) is 7.43. The smallest absolute Gasteiger partial charge is 0.218 e. The molecular formula is C16H26N2O2. The summed E-state index contributed by atoms with van der Waals surface area (Å²) in [7, 11) is 1.95. The third kappa shape index (κ3) is 3.70. The largest absolute Gasteiger partial charge is 0.474 e. The Labute approximate surface area is 121 Å². The fourth-order valence-corrected chi connectivity index (χ4v) is 2.92. The second-order valence-corrected chi connectivity index (χ2v) is 5.86. The van der Waals surface area contributed by atoms with E-state index in [1.54, 1.807) is 0 Å². The first-order chi connectivity index (χ1) is 9.49. The molecule has 112 valence electrons. The van der Waals surface area contributed by atoms with E-state index in [1.807, 2.05) is 14.0 Å². The summed E-state index contributed by atoms with van der Waals surface area (Å²) in [6, 6.07) is 2.11. The van der Waals surface area contributed by atoms with Crippen LogP contribution in [0.25, 0.3) is 0 Å². The maximum atomic E-state index is 6.21. The van der Waals surface area contributed by atoms with Crippen molar-refractivity contribution in [2.45, 2.75) is 65.4 Å². The van der Waals surface area contributed by atoms with E-state index in [1.165, 1.54) is 5.56 Å². The van der Waals surface area contributed by atoms with Gasteiger partial charge in [0.2, 0.25) is 5.88 Å². The molecule has 2 heterocycles. The molecule has 0 aliphatic carbocycles. The molecule has 4 nitrogen and oxygen atoms in total. The fraction of sp³-hybridized carbons (Fsp3) is 0.688. The first kappa shape index (κ1) is 15.3. The van der Waals surface area contributed by atoms with Crippen LogP contribution in [-0.4, -0.2) is 30.3 Å². The zero-order valence-corrected chi connectivity index (χ0v) is 13.2. The third-order valence-electron chi connectivity index (χ3n) is 3.72. The Balaban J connectivity index is 2.19. The molecule has 1 aliphatic heterocycles. The van der Waals surface area contributed by atoms with E-state index < -0.39 is 0 Å². The van der Waals surface area contributed by atoms with Gasteiger partial charge in [0.15, 0.2) is 0 Å². The van der Waals surface area contributed by atoms with Gasteiger partial charge in [-0.2, -0.15) is 0 Å². The average molecular weight is 278 g/mol. The molecule has 2 atom stereocenters. The van der Waals surface area contributed by atoms with Gasteiger partial charge in [0.05, 0.1) is 12.2 Å². The molecule has 0 amide bonds. The van der Waals surface area contributed by atoms with Crippen LogP contribution in [0.5, 0.6) is 5.88 Å². The number of hydrogen-bond donors (Lipinski definition) is 1. The molecule has 1 aromatic heterocycles. The topological polar surface area (TPSA) is 43.4 Å². The Bertz CT molecular complexity index is 452. The molecular weight excluding hydrogens is 252 g/mol. The van der Waals surface area contributed by atoms with Crippen molar-refractivity contribution in [2.24, 2.45) is 0 Å². The molecule has 0 radical (unpaired) electrons. The Kier molecular flexibility index (Phi) is 5.00. The van der Waals surface area contributed by atoms with Crippen molar-refractivity contribution in [2.75, 3.05) is 7.05 Å². The SMILES string of the molecule is CNCc1c(C)cc(C)nc1OC1CC(C)OC(C)C1. The highest BCUT2D eigenvalue weighted by Crippen LogP contribution is 2.27. The molecule has 2 rings (SSSR count). The molecule has 20 heavy (non-hydrogen) atoms. The van der Waals surface area contributed by atoms with Crippen LogP contribution in [0.2, 0.25) is 0 Å². The normalized spacial score (nSPS) is 26.6. The standard InChI is InChI=1S/C16H26N2O2/c1-10-6-11(2)18-16(15(10)9-17-5)20-14-7-12(3)19-13(4)8-14/h6,12-14,17H,7-9H2,1-5H3. The molecule has 0 saturated carbocycles.